The third-order valence-corrected chi connectivity index (χ3v) is 4.32. The smallest absolute Gasteiger partial charge is 0.141 e. The average Bonchev–Trinajstić information content (AvgIpc) is 2.96. The number of benzene rings is 2. The van der Waals surface area contributed by atoms with E-state index in [1.807, 2.05) is 54.9 Å². The summed E-state index contributed by atoms with van der Waals surface area (Å²) in [6.45, 7) is 0.715. The van der Waals surface area contributed by atoms with Gasteiger partial charge >= 0.3 is 0 Å². The van der Waals surface area contributed by atoms with Gasteiger partial charge in [-0.25, -0.2) is 4.98 Å². The minimum absolute atomic E-state index is 0.415. The van der Waals surface area contributed by atoms with Gasteiger partial charge < -0.3 is 10.3 Å². The molecule has 0 aliphatic rings. The molecule has 0 saturated heterocycles. The van der Waals surface area contributed by atoms with Crippen molar-refractivity contribution in [3.05, 3.63) is 76.5 Å². The summed E-state index contributed by atoms with van der Waals surface area (Å²) in [5.41, 5.74) is 8.79. The molecule has 3 aromatic rings. The second-order valence-corrected chi connectivity index (χ2v) is 6.22. The van der Waals surface area contributed by atoms with Crippen molar-refractivity contribution in [2.24, 2.45) is 5.73 Å². The second kappa shape index (κ2) is 6.42. The van der Waals surface area contributed by atoms with E-state index in [1.165, 1.54) is 0 Å². The van der Waals surface area contributed by atoms with Gasteiger partial charge in [-0.05, 0) is 17.7 Å². The van der Waals surface area contributed by atoms with Crippen LogP contribution in [0.25, 0.3) is 11.4 Å². The zero-order valence-electron chi connectivity index (χ0n) is 11.7. The SMILES string of the molecule is NC(=S)c1cccc(Cn2ccnc2-c2ccccc2Br)c1. The van der Waals surface area contributed by atoms with Crippen LogP contribution in [0.2, 0.25) is 0 Å². The summed E-state index contributed by atoms with van der Waals surface area (Å²) < 4.78 is 3.14. The summed E-state index contributed by atoms with van der Waals surface area (Å²) in [4.78, 5) is 4.90. The van der Waals surface area contributed by atoms with Crippen molar-refractivity contribution in [1.82, 2.24) is 9.55 Å². The van der Waals surface area contributed by atoms with Gasteiger partial charge in [-0.3, -0.25) is 0 Å². The maximum absolute atomic E-state index is 5.70. The van der Waals surface area contributed by atoms with E-state index in [-0.39, 0.29) is 0 Å². The van der Waals surface area contributed by atoms with Gasteiger partial charge in [0, 0.05) is 34.5 Å². The molecule has 0 spiro atoms. The Bertz CT molecular complexity index is 826. The minimum Gasteiger partial charge on any atom is -0.389 e. The third-order valence-electron chi connectivity index (χ3n) is 3.39. The first-order valence-electron chi connectivity index (χ1n) is 6.80. The first kappa shape index (κ1) is 14.9. The topological polar surface area (TPSA) is 43.8 Å². The van der Waals surface area contributed by atoms with Crippen LogP contribution in [-0.4, -0.2) is 14.5 Å². The molecule has 0 unspecified atom stereocenters. The maximum atomic E-state index is 5.70. The van der Waals surface area contributed by atoms with Crippen molar-refractivity contribution in [1.29, 1.82) is 0 Å². The number of halogens is 1. The van der Waals surface area contributed by atoms with Crippen LogP contribution in [0.1, 0.15) is 11.1 Å². The molecule has 1 heterocycles. The number of thiocarbonyl (C=S) groups is 1. The summed E-state index contributed by atoms with van der Waals surface area (Å²) in [6.07, 6.45) is 3.79. The lowest BCUT2D eigenvalue weighted by Crippen LogP contribution is -2.10. The van der Waals surface area contributed by atoms with Crippen molar-refractivity contribution < 1.29 is 0 Å². The van der Waals surface area contributed by atoms with Crippen molar-refractivity contribution in [3.8, 4) is 11.4 Å². The number of nitrogens with zero attached hydrogens (tertiary/aromatic N) is 2. The van der Waals surface area contributed by atoms with E-state index in [2.05, 4.69) is 31.5 Å². The highest BCUT2D eigenvalue weighted by molar-refractivity contribution is 9.10. The number of hydrogen-bond acceptors (Lipinski definition) is 2. The minimum atomic E-state index is 0.415. The number of rotatable bonds is 4. The Balaban J connectivity index is 1.95. The molecule has 0 saturated carbocycles. The quantitative estimate of drug-likeness (QED) is 0.705. The molecule has 0 fully saturated rings. The van der Waals surface area contributed by atoms with Crippen LogP contribution in [0.15, 0.2) is 65.4 Å². The number of nitrogens with two attached hydrogens (primary N) is 1. The molecule has 0 bridgehead atoms. The number of hydrogen-bond donors (Lipinski definition) is 1. The molecule has 0 amide bonds. The van der Waals surface area contributed by atoms with Gasteiger partial charge in [-0.15, -0.1) is 0 Å². The zero-order chi connectivity index (χ0) is 15.5. The molecule has 3 nitrogen and oxygen atoms in total. The molecule has 2 aromatic carbocycles. The highest BCUT2D eigenvalue weighted by Crippen LogP contribution is 2.27. The predicted molar refractivity (Wildman–Crippen MR) is 96.8 cm³/mol. The maximum Gasteiger partial charge on any atom is 0.141 e. The normalized spacial score (nSPS) is 10.6. The zero-order valence-corrected chi connectivity index (χ0v) is 14.1. The molecule has 0 aliphatic heterocycles. The summed E-state index contributed by atoms with van der Waals surface area (Å²) in [7, 11) is 0. The molecule has 110 valence electrons. The van der Waals surface area contributed by atoms with E-state index in [9.17, 15) is 0 Å². The van der Waals surface area contributed by atoms with Crippen LogP contribution in [-0.2, 0) is 6.54 Å². The summed E-state index contributed by atoms with van der Waals surface area (Å²) in [5, 5.41) is 0. The van der Waals surface area contributed by atoms with E-state index in [4.69, 9.17) is 18.0 Å². The molecule has 0 atom stereocenters. The third kappa shape index (κ3) is 3.10. The van der Waals surface area contributed by atoms with Gasteiger partial charge in [0.2, 0.25) is 0 Å². The molecule has 5 heteroatoms. The summed E-state index contributed by atoms with van der Waals surface area (Å²) in [6, 6.07) is 16.0. The molecule has 22 heavy (non-hydrogen) atoms. The number of imidazole rings is 1. The highest BCUT2D eigenvalue weighted by atomic mass is 79.9. The largest absolute Gasteiger partial charge is 0.389 e. The van der Waals surface area contributed by atoms with Crippen LogP contribution in [0.4, 0.5) is 0 Å². The fourth-order valence-electron chi connectivity index (χ4n) is 2.34. The number of aromatic nitrogens is 2. The molecular weight excluding hydrogens is 358 g/mol. The lowest BCUT2D eigenvalue weighted by atomic mass is 10.1. The fourth-order valence-corrected chi connectivity index (χ4v) is 2.93. The summed E-state index contributed by atoms with van der Waals surface area (Å²) >= 11 is 8.62. The van der Waals surface area contributed by atoms with Gasteiger partial charge in [0.15, 0.2) is 0 Å². The average molecular weight is 372 g/mol. The van der Waals surface area contributed by atoms with Crippen molar-refractivity contribution >= 4 is 33.1 Å². The van der Waals surface area contributed by atoms with Crippen molar-refractivity contribution in [2.75, 3.05) is 0 Å². The van der Waals surface area contributed by atoms with Gasteiger partial charge in [0.05, 0.1) is 0 Å². The van der Waals surface area contributed by atoms with E-state index in [0.29, 0.717) is 11.5 Å². The lowest BCUT2D eigenvalue weighted by molar-refractivity contribution is 0.806. The first-order chi connectivity index (χ1) is 10.6. The van der Waals surface area contributed by atoms with E-state index in [1.54, 1.807) is 0 Å². The Morgan fingerprint density at radius 2 is 2.00 bits per heavy atom. The van der Waals surface area contributed by atoms with Crippen molar-refractivity contribution in [3.63, 3.8) is 0 Å². The Morgan fingerprint density at radius 3 is 2.77 bits per heavy atom. The predicted octanol–water partition coefficient (Wildman–Crippen LogP) is 4.00. The Labute approximate surface area is 142 Å². The second-order valence-electron chi connectivity index (χ2n) is 4.92. The summed E-state index contributed by atoms with van der Waals surface area (Å²) in [5.74, 6) is 0.924. The monoisotopic (exact) mass is 371 g/mol. The lowest BCUT2D eigenvalue weighted by Gasteiger charge is -2.10. The Morgan fingerprint density at radius 1 is 1.18 bits per heavy atom. The van der Waals surface area contributed by atoms with Crippen LogP contribution in [0.3, 0.4) is 0 Å². The highest BCUT2D eigenvalue weighted by Gasteiger charge is 2.09. The van der Waals surface area contributed by atoms with E-state index in [0.717, 1.165) is 27.0 Å². The molecular formula is C17H14BrN3S. The Hall–Kier alpha value is -1.98. The Kier molecular flexibility index (Phi) is 4.36. The van der Waals surface area contributed by atoms with Crippen LogP contribution < -0.4 is 5.73 Å². The molecule has 3 rings (SSSR count). The van der Waals surface area contributed by atoms with Crippen LogP contribution in [0.5, 0.6) is 0 Å². The van der Waals surface area contributed by atoms with Gasteiger partial charge in [0.1, 0.15) is 10.8 Å². The molecule has 0 aliphatic carbocycles. The first-order valence-corrected chi connectivity index (χ1v) is 8.00. The molecule has 2 N–H and O–H groups in total. The van der Waals surface area contributed by atoms with Crippen LogP contribution in [0, 0.1) is 0 Å². The van der Waals surface area contributed by atoms with Gasteiger partial charge in [-0.2, -0.15) is 0 Å². The van der Waals surface area contributed by atoms with Crippen LogP contribution >= 0.6 is 28.1 Å². The van der Waals surface area contributed by atoms with E-state index >= 15 is 0 Å². The standard InChI is InChI=1S/C17H14BrN3S/c18-15-7-2-1-6-14(15)17-20-8-9-21(17)11-12-4-3-5-13(10-12)16(19)22/h1-10H,11H2,(H2,19,22). The van der Waals surface area contributed by atoms with Gasteiger partial charge in [-0.1, -0.05) is 64.5 Å². The van der Waals surface area contributed by atoms with Gasteiger partial charge in [0.25, 0.3) is 0 Å². The molecule has 0 radical (unpaired) electrons. The molecule has 1 aromatic heterocycles. The fraction of sp³-hybridized carbons (Fsp3) is 0.0588. The van der Waals surface area contributed by atoms with Crippen molar-refractivity contribution in [2.45, 2.75) is 6.54 Å². The van der Waals surface area contributed by atoms with E-state index < -0.39 is 0 Å².